The SMILES string of the molecule is Cn1nc(CSCCO)c2ccccc21. The van der Waals surface area contributed by atoms with Crippen molar-refractivity contribution in [1.82, 2.24) is 9.78 Å². The lowest BCUT2D eigenvalue weighted by Crippen LogP contribution is -1.92. The first kappa shape index (κ1) is 10.5. The average Bonchev–Trinajstić information content (AvgIpc) is 2.58. The molecule has 0 bridgehead atoms. The lowest BCUT2D eigenvalue weighted by atomic mass is 10.2. The lowest BCUT2D eigenvalue weighted by Gasteiger charge is -1.95. The summed E-state index contributed by atoms with van der Waals surface area (Å²) in [5.74, 6) is 1.63. The summed E-state index contributed by atoms with van der Waals surface area (Å²) >= 11 is 1.71. The standard InChI is InChI=1S/C11H14N2OS/c1-13-11-5-3-2-4-9(11)10(12-13)8-15-7-6-14/h2-5,14H,6-8H2,1H3. The monoisotopic (exact) mass is 222 g/mol. The van der Waals surface area contributed by atoms with Crippen LogP contribution in [0.2, 0.25) is 0 Å². The van der Waals surface area contributed by atoms with Gasteiger partial charge in [-0.2, -0.15) is 16.9 Å². The minimum absolute atomic E-state index is 0.232. The number of para-hydroxylation sites is 1. The van der Waals surface area contributed by atoms with Crippen LogP contribution < -0.4 is 0 Å². The van der Waals surface area contributed by atoms with Crippen molar-refractivity contribution in [2.45, 2.75) is 5.75 Å². The zero-order chi connectivity index (χ0) is 10.7. The van der Waals surface area contributed by atoms with E-state index in [1.165, 1.54) is 5.39 Å². The molecule has 0 aliphatic heterocycles. The van der Waals surface area contributed by atoms with Crippen LogP contribution in [0.1, 0.15) is 5.69 Å². The van der Waals surface area contributed by atoms with Gasteiger partial charge >= 0.3 is 0 Å². The smallest absolute Gasteiger partial charge is 0.0802 e. The number of hydrogen-bond acceptors (Lipinski definition) is 3. The second-order valence-electron chi connectivity index (χ2n) is 3.36. The molecule has 2 aromatic rings. The summed E-state index contributed by atoms with van der Waals surface area (Å²) in [5, 5.41) is 14.4. The molecule has 0 radical (unpaired) electrons. The van der Waals surface area contributed by atoms with Crippen LogP contribution in [0.5, 0.6) is 0 Å². The highest BCUT2D eigenvalue weighted by Crippen LogP contribution is 2.21. The first-order valence-corrected chi connectivity index (χ1v) is 6.07. The number of aliphatic hydroxyl groups is 1. The highest BCUT2D eigenvalue weighted by atomic mass is 32.2. The van der Waals surface area contributed by atoms with Gasteiger partial charge in [-0.1, -0.05) is 18.2 Å². The van der Waals surface area contributed by atoms with Crippen molar-refractivity contribution in [3.63, 3.8) is 0 Å². The Morgan fingerprint density at radius 3 is 3.00 bits per heavy atom. The van der Waals surface area contributed by atoms with Crippen molar-refractivity contribution in [2.75, 3.05) is 12.4 Å². The Balaban J connectivity index is 2.27. The summed E-state index contributed by atoms with van der Waals surface area (Å²) in [6.07, 6.45) is 0. The molecule has 15 heavy (non-hydrogen) atoms. The van der Waals surface area contributed by atoms with Crippen LogP contribution in [0.15, 0.2) is 24.3 Å². The van der Waals surface area contributed by atoms with E-state index >= 15 is 0 Å². The van der Waals surface area contributed by atoms with Gasteiger partial charge in [-0.05, 0) is 6.07 Å². The summed E-state index contributed by atoms with van der Waals surface area (Å²) in [4.78, 5) is 0. The normalized spacial score (nSPS) is 11.1. The maximum atomic E-state index is 8.72. The van der Waals surface area contributed by atoms with E-state index in [2.05, 4.69) is 17.2 Å². The predicted octanol–water partition coefficient (Wildman–Crippen LogP) is 1.80. The molecule has 0 saturated carbocycles. The van der Waals surface area contributed by atoms with E-state index in [9.17, 15) is 0 Å². The third-order valence-corrected chi connectivity index (χ3v) is 3.26. The molecule has 80 valence electrons. The summed E-state index contributed by atoms with van der Waals surface area (Å²) in [6.45, 7) is 0.232. The fourth-order valence-electron chi connectivity index (χ4n) is 1.63. The first-order chi connectivity index (χ1) is 7.33. The van der Waals surface area contributed by atoms with Crippen LogP contribution in [-0.2, 0) is 12.8 Å². The number of hydrogen-bond donors (Lipinski definition) is 1. The van der Waals surface area contributed by atoms with Gasteiger partial charge in [0.2, 0.25) is 0 Å². The van der Waals surface area contributed by atoms with Crippen LogP contribution in [0, 0.1) is 0 Å². The number of aliphatic hydroxyl groups excluding tert-OH is 1. The van der Waals surface area contributed by atoms with Gasteiger partial charge in [0.15, 0.2) is 0 Å². The second-order valence-corrected chi connectivity index (χ2v) is 4.47. The molecule has 1 aromatic heterocycles. The largest absolute Gasteiger partial charge is 0.396 e. The quantitative estimate of drug-likeness (QED) is 0.802. The van der Waals surface area contributed by atoms with Crippen LogP contribution in [0.25, 0.3) is 10.9 Å². The number of aryl methyl sites for hydroxylation is 1. The highest BCUT2D eigenvalue weighted by Gasteiger charge is 2.06. The third kappa shape index (κ3) is 2.16. The van der Waals surface area contributed by atoms with Crippen LogP contribution in [0.4, 0.5) is 0 Å². The molecule has 0 aliphatic rings. The van der Waals surface area contributed by atoms with Gasteiger partial charge in [-0.25, -0.2) is 0 Å². The van der Waals surface area contributed by atoms with Crippen LogP contribution in [-0.4, -0.2) is 27.2 Å². The number of rotatable bonds is 4. The van der Waals surface area contributed by atoms with Gasteiger partial charge in [-0.3, -0.25) is 4.68 Å². The molecule has 1 heterocycles. The predicted molar refractivity (Wildman–Crippen MR) is 64.0 cm³/mol. The topological polar surface area (TPSA) is 38.0 Å². The van der Waals surface area contributed by atoms with E-state index in [1.54, 1.807) is 11.8 Å². The number of fused-ring (bicyclic) bond motifs is 1. The Morgan fingerprint density at radius 1 is 1.40 bits per heavy atom. The molecule has 0 atom stereocenters. The Kier molecular flexibility index (Phi) is 3.28. The van der Waals surface area contributed by atoms with Gasteiger partial charge < -0.3 is 5.11 Å². The van der Waals surface area contributed by atoms with E-state index < -0.39 is 0 Å². The van der Waals surface area contributed by atoms with Crippen molar-refractivity contribution < 1.29 is 5.11 Å². The molecular formula is C11H14N2OS. The molecule has 1 aromatic carbocycles. The Bertz CT molecular complexity index is 453. The summed E-state index contributed by atoms with van der Waals surface area (Å²) in [7, 11) is 1.96. The minimum atomic E-state index is 0.232. The Hall–Kier alpha value is -1.00. The van der Waals surface area contributed by atoms with Gasteiger partial charge in [0.05, 0.1) is 17.8 Å². The van der Waals surface area contributed by atoms with Gasteiger partial charge in [-0.15, -0.1) is 0 Å². The molecule has 0 aliphatic carbocycles. The molecule has 2 rings (SSSR count). The van der Waals surface area contributed by atoms with Crippen molar-refractivity contribution in [2.24, 2.45) is 7.05 Å². The van der Waals surface area contributed by atoms with E-state index in [0.717, 1.165) is 22.7 Å². The number of aromatic nitrogens is 2. The Labute approximate surface area is 93.1 Å². The fraction of sp³-hybridized carbons (Fsp3) is 0.364. The van der Waals surface area contributed by atoms with Crippen molar-refractivity contribution in [3.8, 4) is 0 Å². The average molecular weight is 222 g/mol. The van der Waals surface area contributed by atoms with Gasteiger partial charge in [0.1, 0.15) is 0 Å². The van der Waals surface area contributed by atoms with E-state index in [0.29, 0.717) is 0 Å². The molecule has 4 heteroatoms. The highest BCUT2D eigenvalue weighted by molar-refractivity contribution is 7.98. The fourth-order valence-corrected chi connectivity index (χ4v) is 2.31. The zero-order valence-corrected chi connectivity index (χ0v) is 9.50. The maximum Gasteiger partial charge on any atom is 0.0802 e. The summed E-state index contributed by atoms with van der Waals surface area (Å²) in [5.41, 5.74) is 2.27. The second kappa shape index (κ2) is 4.68. The molecule has 0 saturated heterocycles. The summed E-state index contributed by atoms with van der Waals surface area (Å²) in [6, 6.07) is 8.22. The number of benzene rings is 1. The molecule has 3 nitrogen and oxygen atoms in total. The molecule has 0 amide bonds. The van der Waals surface area contributed by atoms with Crippen molar-refractivity contribution in [3.05, 3.63) is 30.0 Å². The van der Waals surface area contributed by atoms with Crippen LogP contribution in [0.3, 0.4) is 0 Å². The van der Waals surface area contributed by atoms with E-state index in [4.69, 9.17) is 5.11 Å². The van der Waals surface area contributed by atoms with Gasteiger partial charge in [0, 0.05) is 23.9 Å². The van der Waals surface area contributed by atoms with Crippen LogP contribution >= 0.6 is 11.8 Å². The number of nitrogens with zero attached hydrogens (tertiary/aromatic N) is 2. The summed E-state index contributed by atoms with van der Waals surface area (Å²) < 4.78 is 1.91. The lowest BCUT2D eigenvalue weighted by molar-refractivity contribution is 0.322. The van der Waals surface area contributed by atoms with E-state index in [-0.39, 0.29) is 6.61 Å². The first-order valence-electron chi connectivity index (χ1n) is 4.92. The minimum Gasteiger partial charge on any atom is -0.396 e. The number of thioether (sulfide) groups is 1. The van der Waals surface area contributed by atoms with E-state index in [1.807, 2.05) is 23.9 Å². The molecule has 0 unspecified atom stereocenters. The third-order valence-electron chi connectivity index (χ3n) is 2.31. The molecule has 0 fully saturated rings. The van der Waals surface area contributed by atoms with Crippen molar-refractivity contribution in [1.29, 1.82) is 0 Å². The zero-order valence-electron chi connectivity index (χ0n) is 8.68. The maximum absolute atomic E-state index is 8.72. The van der Waals surface area contributed by atoms with Crippen molar-refractivity contribution >= 4 is 22.7 Å². The van der Waals surface area contributed by atoms with Gasteiger partial charge in [0.25, 0.3) is 0 Å². The molecule has 1 N–H and O–H groups in total. The molecular weight excluding hydrogens is 208 g/mol. The molecule has 0 spiro atoms. The Morgan fingerprint density at radius 2 is 2.20 bits per heavy atom.